The van der Waals surface area contributed by atoms with Crippen molar-refractivity contribution < 1.29 is 23.9 Å². The van der Waals surface area contributed by atoms with Gasteiger partial charge in [-0.15, -0.1) is 0 Å². The van der Waals surface area contributed by atoms with E-state index in [9.17, 15) is 14.4 Å². The summed E-state index contributed by atoms with van der Waals surface area (Å²) in [5.74, 6) is -1.32. The van der Waals surface area contributed by atoms with Gasteiger partial charge < -0.3 is 14.8 Å². The van der Waals surface area contributed by atoms with Gasteiger partial charge in [0, 0.05) is 5.69 Å². The summed E-state index contributed by atoms with van der Waals surface area (Å²) in [6, 6.07) is 18.7. The molecule has 0 fully saturated rings. The maximum absolute atomic E-state index is 12.3. The quantitative estimate of drug-likeness (QED) is 0.198. The fourth-order valence-corrected chi connectivity index (χ4v) is 2.94. The summed E-state index contributed by atoms with van der Waals surface area (Å²) in [7, 11) is 1.52. The number of esters is 1. The molecule has 0 saturated carbocycles. The summed E-state index contributed by atoms with van der Waals surface area (Å²) in [5, 5.41) is 6.39. The molecule has 0 bridgehead atoms. The Morgan fingerprint density at radius 2 is 1.52 bits per heavy atom. The van der Waals surface area contributed by atoms with Crippen LogP contribution in [0.15, 0.2) is 71.8 Å². The Hall–Kier alpha value is -4.46. The summed E-state index contributed by atoms with van der Waals surface area (Å²) in [6.07, 6.45) is 1.37. The van der Waals surface area contributed by atoms with Gasteiger partial charge in [-0.25, -0.2) is 10.2 Å². The Morgan fingerprint density at radius 3 is 2.18 bits per heavy atom. The van der Waals surface area contributed by atoms with Gasteiger partial charge in [0.25, 0.3) is 0 Å². The van der Waals surface area contributed by atoms with Gasteiger partial charge in [-0.1, -0.05) is 24.3 Å². The molecule has 0 aliphatic heterocycles. The van der Waals surface area contributed by atoms with Crippen molar-refractivity contribution in [1.29, 1.82) is 0 Å². The van der Waals surface area contributed by atoms with Crippen LogP contribution in [-0.4, -0.2) is 31.1 Å². The molecule has 0 heterocycles. The molecule has 0 aliphatic carbocycles. The fraction of sp³-hybridized carbons (Fsp3) is 0.120. The second kappa shape index (κ2) is 10.7. The number of hydrogen-bond acceptors (Lipinski definition) is 6. The van der Waals surface area contributed by atoms with Crippen LogP contribution in [0.2, 0.25) is 0 Å². The van der Waals surface area contributed by atoms with Crippen molar-refractivity contribution in [2.24, 2.45) is 5.10 Å². The minimum absolute atomic E-state index is 0.344. The maximum atomic E-state index is 12.3. The number of para-hydroxylation sites is 1. The number of carbonyl (C=O) groups excluding carboxylic acids is 3. The SMILES string of the molecule is COc1cccc(C(=O)Oc2ccc(/C=N/NC(=O)C(=O)Nc3c(C)cccc3C)cc2)c1. The summed E-state index contributed by atoms with van der Waals surface area (Å²) in [5.41, 5.74) is 5.49. The van der Waals surface area contributed by atoms with Crippen LogP contribution < -0.4 is 20.2 Å². The zero-order valence-corrected chi connectivity index (χ0v) is 18.4. The van der Waals surface area contributed by atoms with Crippen LogP contribution in [0.4, 0.5) is 5.69 Å². The third-order valence-corrected chi connectivity index (χ3v) is 4.70. The smallest absolute Gasteiger partial charge is 0.343 e. The van der Waals surface area contributed by atoms with Gasteiger partial charge in [-0.3, -0.25) is 9.59 Å². The summed E-state index contributed by atoms with van der Waals surface area (Å²) in [4.78, 5) is 36.4. The zero-order valence-electron chi connectivity index (χ0n) is 18.4. The van der Waals surface area contributed by atoms with Gasteiger partial charge in [0.1, 0.15) is 11.5 Å². The molecule has 8 nitrogen and oxygen atoms in total. The van der Waals surface area contributed by atoms with Gasteiger partial charge in [0.2, 0.25) is 0 Å². The predicted molar refractivity (Wildman–Crippen MR) is 125 cm³/mol. The molecule has 0 unspecified atom stereocenters. The van der Waals surface area contributed by atoms with E-state index in [0.29, 0.717) is 28.3 Å². The van der Waals surface area contributed by atoms with Crippen molar-refractivity contribution in [1.82, 2.24) is 5.43 Å². The number of amides is 2. The number of methoxy groups -OCH3 is 1. The standard InChI is InChI=1S/C25H23N3O5/c1-16-6-4-7-17(2)22(16)27-23(29)24(30)28-26-15-18-10-12-20(13-11-18)33-25(31)19-8-5-9-21(14-19)32-3/h4-15H,1-3H3,(H,27,29)(H,28,30)/b26-15+. The van der Waals surface area contributed by atoms with Crippen LogP contribution in [-0.2, 0) is 9.59 Å². The highest BCUT2D eigenvalue weighted by Gasteiger charge is 2.15. The van der Waals surface area contributed by atoms with E-state index in [2.05, 4.69) is 15.8 Å². The monoisotopic (exact) mass is 445 g/mol. The van der Waals surface area contributed by atoms with Crippen molar-refractivity contribution in [3.8, 4) is 11.5 Å². The summed E-state index contributed by atoms with van der Waals surface area (Å²) in [6.45, 7) is 3.69. The zero-order chi connectivity index (χ0) is 23.8. The average Bonchev–Trinajstić information content (AvgIpc) is 2.82. The van der Waals surface area contributed by atoms with E-state index in [1.54, 1.807) is 48.5 Å². The van der Waals surface area contributed by atoms with Gasteiger partial charge in [0.15, 0.2) is 0 Å². The second-order valence-corrected chi connectivity index (χ2v) is 7.11. The molecule has 0 spiro atoms. The van der Waals surface area contributed by atoms with E-state index < -0.39 is 17.8 Å². The number of nitrogens with one attached hydrogen (secondary N) is 2. The molecule has 3 aromatic rings. The number of hydrazone groups is 1. The van der Waals surface area contributed by atoms with Crippen LogP contribution in [0, 0.1) is 13.8 Å². The Bertz CT molecular complexity index is 1180. The lowest BCUT2D eigenvalue weighted by atomic mass is 10.1. The average molecular weight is 445 g/mol. The number of nitrogens with zero attached hydrogens (tertiary/aromatic N) is 1. The molecule has 2 amide bonds. The maximum Gasteiger partial charge on any atom is 0.343 e. The summed E-state index contributed by atoms with van der Waals surface area (Å²) < 4.78 is 10.4. The molecule has 8 heteroatoms. The normalized spacial score (nSPS) is 10.5. The van der Waals surface area contributed by atoms with Crippen LogP contribution in [0.25, 0.3) is 0 Å². The van der Waals surface area contributed by atoms with E-state index in [1.165, 1.54) is 13.3 Å². The molecular weight excluding hydrogens is 422 g/mol. The molecule has 3 aromatic carbocycles. The number of benzene rings is 3. The van der Waals surface area contributed by atoms with Crippen LogP contribution >= 0.6 is 0 Å². The number of ether oxygens (including phenoxy) is 2. The first-order valence-electron chi connectivity index (χ1n) is 10.0. The van der Waals surface area contributed by atoms with Crippen LogP contribution in [0.3, 0.4) is 0 Å². The summed E-state index contributed by atoms with van der Waals surface area (Å²) >= 11 is 0. The van der Waals surface area contributed by atoms with E-state index in [4.69, 9.17) is 9.47 Å². The molecule has 0 aliphatic rings. The highest BCUT2D eigenvalue weighted by molar-refractivity contribution is 6.39. The topological polar surface area (TPSA) is 106 Å². The van der Waals surface area contributed by atoms with Crippen molar-refractivity contribution in [2.75, 3.05) is 12.4 Å². The molecule has 33 heavy (non-hydrogen) atoms. The largest absolute Gasteiger partial charge is 0.497 e. The lowest BCUT2D eigenvalue weighted by Gasteiger charge is -2.10. The minimum Gasteiger partial charge on any atom is -0.497 e. The molecule has 0 aromatic heterocycles. The lowest BCUT2D eigenvalue weighted by molar-refractivity contribution is -0.136. The lowest BCUT2D eigenvalue weighted by Crippen LogP contribution is -2.32. The number of carbonyl (C=O) groups is 3. The van der Waals surface area contributed by atoms with Gasteiger partial charge in [0.05, 0.1) is 18.9 Å². The molecule has 0 atom stereocenters. The number of rotatable bonds is 6. The Balaban J connectivity index is 1.54. The van der Waals surface area contributed by atoms with Crippen molar-refractivity contribution in [3.05, 3.63) is 89.0 Å². The van der Waals surface area contributed by atoms with E-state index >= 15 is 0 Å². The van der Waals surface area contributed by atoms with E-state index in [1.807, 2.05) is 32.0 Å². The highest BCUT2D eigenvalue weighted by atomic mass is 16.5. The highest BCUT2D eigenvalue weighted by Crippen LogP contribution is 2.19. The second-order valence-electron chi connectivity index (χ2n) is 7.11. The van der Waals surface area contributed by atoms with Crippen LogP contribution in [0.5, 0.6) is 11.5 Å². The van der Waals surface area contributed by atoms with Gasteiger partial charge >= 0.3 is 17.8 Å². The van der Waals surface area contributed by atoms with Crippen molar-refractivity contribution in [3.63, 3.8) is 0 Å². The van der Waals surface area contributed by atoms with Gasteiger partial charge in [-0.2, -0.15) is 5.10 Å². The first-order chi connectivity index (χ1) is 15.9. The Kier molecular flexibility index (Phi) is 7.54. The number of aryl methyl sites for hydroxylation is 2. The fourth-order valence-electron chi connectivity index (χ4n) is 2.94. The van der Waals surface area contributed by atoms with E-state index in [0.717, 1.165) is 11.1 Å². The van der Waals surface area contributed by atoms with Crippen molar-refractivity contribution >= 4 is 29.7 Å². The van der Waals surface area contributed by atoms with Crippen LogP contribution in [0.1, 0.15) is 27.0 Å². The predicted octanol–water partition coefficient (Wildman–Crippen LogP) is 3.62. The van der Waals surface area contributed by atoms with Gasteiger partial charge in [-0.05, 0) is 73.0 Å². The third-order valence-electron chi connectivity index (χ3n) is 4.70. The molecule has 0 saturated heterocycles. The molecule has 0 radical (unpaired) electrons. The minimum atomic E-state index is -0.891. The Labute approximate surface area is 191 Å². The number of hydrogen-bond donors (Lipinski definition) is 2. The first kappa shape index (κ1) is 23.2. The third kappa shape index (κ3) is 6.27. The first-order valence-corrected chi connectivity index (χ1v) is 10.0. The van der Waals surface area contributed by atoms with Crippen molar-refractivity contribution in [2.45, 2.75) is 13.8 Å². The number of anilines is 1. The molecule has 168 valence electrons. The molecular formula is C25H23N3O5. The van der Waals surface area contributed by atoms with E-state index in [-0.39, 0.29) is 0 Å². The Morgan fingerprint density at radius 1 is 0.848 bits per heavy atom. The molecule has 3 rings (SSSR count). The molecule has 2 N–H and O–H groups in total.